The molecule has 0 aliphatic heterocycles. The average molecular weight is 359 g/mol. The summed E-state index contributed by atoms with van der Waals surface area (Å²) >= 11 is 10.4. The van der Waals surface area contributed by atoms with Gasteiger partial charge < -0.3 is 0 Å². The first-order valence-corrected chi connectivity index (χ1v) is 8.97. The van der Waals surface area contributed by atoms with Crippen LogP contribution in [0.5, 0.6) is 0 Å². The third-order valence-corrected chi connectivity index (χ3v) is 7.27. The Kier molecular flexibility index (Phi) is 4.52. The van der Waals surface area contributed by atoms with Crippen molar-refractivity contribution in [1.82, 2.24) is 4.72 Å². The van der Waals surface area contributed by atoms with E-state index in [1.54, 1.807) is 6.07 Å². The van der Waals surface area contributed by atoms with Crippen molar-refractivity contribution in [2.24, 2.45) is 5.92 Å². The standard InChI is InChI=1S/C10H13BrClNO2S2/c11-8-3-1-2-7(8)6-13-17(14,15)10-5-4-9(12)16-10/h4-5,7-8,13H,1-3,6H2. The van der Waals surface area contributed by atoms with Crippen LogP contribution in [0.1, 0.15) is 19.3 Å². The van der Waals surface area contributed by atoms with Gasteiger partial charge in [-0.05, 0) is 30.9 Å². The monoisotopic (exact) mass is 357 g/mol. The molecule has 17 heavy (non-hydrogen) atoms. The fourth-order valence-corrected chi connectivity index (χ4v) is 5.35. The summed E-state index contributed by atoms with van der Waals surface area (Å²) < 4.78 is 27.3. The highest BCUT2D eigenvalue weighted by Gasteiger charge is 2.26. The van der Waals surface area contributed by atoms with Crippen molar-refractivity contribution in [3.8, 4) is 0 Å². The topological polar surface area (TPSA) is 46.2 Å². The van der Waals surface area contributed by atoms with Crippen molar-refractivity contribution in [3.63, 3.8) is 0 Å². The lowest BCUT2D eigenvalue weighted by Gasteiger charge is -2.14. The van der Waals surface area contributed by atoms with Gasteiger partial charge in [0.05, 0.1) is 4.34 Å². The van der Waals surface area contributed by atoms with Gasteiger partial charge in [-0.1, -0.05) is 34.0 Å². The molecule has 1 heterocycles. The van der Waals surface area contributed by atoms with E-state index < -0.39 is 10.0 Å². The molecule has 2 atom stereocenters. The Morgan fingerprint density at radius 2 is 2.24 bits per heavy atom. The number of thiophene rings is 1. The molecule has 0 saturated heterocycles. The third kappa shape index (κ3) is 3.44. The van der Waals surface area contributed by atoms with Crippen LogP contribution in [0.15, 0.2) is 16.3 Å². The maximum atomic E-state index is 11.9. The van der Waals surface area contributed by atoms with Gasteiger partial charge in [0.2, 0.25) is 10.0 Å². The highest BCUT2D eigenvalue weighted by atomic mass is 79.9. The Morgan fingerprint density at radius 3 is 2.76 bits per heavy atom. The highest BCUT2D eigenvalue weighted by molar-refractivity contribution is 9.09. The number of alkyl halides is 1. The Labute approximate surface area is 119 Å². The van der Waals surface area contributed by atoms with Gasteiger partial charge in [0.25, 0.3) is 0 Å². The van der Waals surface area contributed by atoms with Crippen LogP contribution in [-0.2, 0) is 10.0 Å². The molecule has 2 rings (SSSR count). The molecule has 1 aromatic rings. The van der Waals surface area contributed by atoms with Crippen LogP contribution in [-0.4, -0.2) is 19.8 Å². The lowest BCUT2D eigenvalue weighted by atomic mass is 10.1. The molecule has 0 bridgehead atoms. The first-order chi connectivity index (χ1) is 7.99. The largest absolute Gasteiger partial charge is 0.250 e. The van der Waals surface area contributed by atoms with E-state index in [0.29, 0.717) is 21.6 Å². The van der Waals surface area contributed by atoms with E-state index >= 15 is 0 Å². The van der Waals surface area contributed by atoms with Gasteiger partial charge in [-0.2, -0.15) is 0 Å². The number of rotatable bonds is 4. The molecule has 1 N–H and O–H groups in total. The fourth-order valence-electron chi connectivity index (χ4n) is 1.95. The van der Waals surface area contributed by atoms with E-state index in [1.807, 2.05) is 0 Å². The predicted octanol–water partition coefficient (Wildman–Crippen LogP) is 3.24. The van der Waals surface area contributed by atoms with Crippen molar-refractivity contribution < 1.29 is 8.42 Å². The second-order valence-corrected chi connectivity index (χ2v) is 9.00. The summed E-state index contributed by atoms with van der Waals surface area (Å²) in [5.74, 6) is 0.389. The summed E-state index contributed by atoms with van der Waals surface area (Å²) in [6.45, 7) is 0.494. The lowest BCUT2D eigenvalue weighted by Crippen LogP contribution is -2.30. The summed E-state index contributed by atoms with van der Waals surface area (Å²) in [5.41, 5.74) is 0. The number of hydrogen-bond donors (Lipinski definition) is 1. The van der Waals surface area contributed by atoms with E-state index in [9.17, 15) is 8.42 Å². The molecule has 2 unspecified atom stereocenters. The Morgan fingerprint density at radius 1 is 1.47 bits per heavy atom. The molecule has 96 valence electrons. The predicted molar refractivity (Wildman–Crippen MR) is 74.6 cm³/mol. The smallest absolute Gasteiger partial charge is 0.210 e. The van der Waals surface area contributed by atoms with Crippen molar-refractivity contribution in [2.45, 2.75) is 28.3 Å². The number of hydrogen-bond acceptors (Lipinski definition) is 3. The van der Waals surface area contributed by atoms with Gasteiger partial charge in [0, 0.05) is 11.4 Å². The molecular weight excluding hydrogens is 346 g/mol. The van der Waals surface area contributed by atoms with E-state index in [-0.39, 0.29) is 4.21 Å². The number of nitrogens with one attached hydrogen (secondary N) is 1. The first kappa shape index (κ1) is 13.8. The fraction of sp³-hybridized carbons (Fsp3) is 0.600. The van der Waals surface area contributed by atoms with Crippen LogP contribution in [0.4, 0.5) is 0 Å². The highest BCUT2D eigenvalue weighted by Crippen LogP contribution is 2.31. The molecule has 3 nitrogen and oxygen atoms in total. The molecule has 1 aliphatic rings. The summed E-state index contributed by atoms with van der Waals surface area (Å²) in [6, 6.07) is 3.14. The maximum absolute atomic E-state index is 11.9. The van der Waals surface area contributed by atoms with Gasteiger partial charge in [0.15, 0.2) is 0 Å². The van der Waals surface area contributed by atoms with Crippen LogP contribution in [0.2, 0.25) is 4.34 Å². The van der Waals surface area contributed by atoms with E-state index in [1.165, 1.54) is 6.07 Å². The van der Waals surface area contributed by atoms with E-state index in [2.05, 4.69) is 20.7 Å². The molecule has 7 heteroatoms. The van der Waals surface area contributed by atoms with Crippen molar-refractivity contribution in [2.75, 3.05) is 6.54 Å². The first-order valence-electron chi connectivity index (χ1n) is 5.38. The number of halogens is 2. The molecule has 1 fully saturated rings. The van der Waals surface area contributed by atoms with Crippen molar-refractivity contribution in [3.05, 3.63) is 16.5 Å². The van der Waals surface area contributed by atoms with Crippen LogP contribution >= 0.6 is 38.9 Å². The minimum Gasteiger partial charge on any atom is -0.210 e. The number of sulfonamides is 1. The average Bonchev–Trinajstić information content (AvgIpc) is 2.85. The van der Waals surface area contributed by atoms with Gasteiger partial charge >= 0.3 is 0 Å². The van der Waals surface area contributed by atoms with Crippen molar-refractivity contribution in [1.29, 1.82) is 0 Å². The summed E-state index contributed by atoms with van der Waals surface area (Å²) in [4.78, 5) is 0.428. The van der Waals surface area contributed by atoms with Crippen LogP contribution < -0.4 is 4.72 Å². The lowest BCUT2D eigenvalue weighted by molar-refractivity contribution is 0.530. The second kappa shape index (κ2) is 5.57. The zero-order valence-electron chi connectivity index (χ0n) is 9.03. The molecule has 1 aromatic heterocycles. The van der Waals surface area contributed by atoms with Crippen LogP contribution in [0.3, 0.4) is 0 Å². The van der Waals surface area contributed by atoms with Crippen LogP contribution in [0.25, 0.3) is 0 Å². The quantitative estimate of drug-likeness (QED) is 0.840. The zero-order chi connectivity index (χ0) is 12.5. The third-order valence-electron chi connectivity index (χ3n) is 2.92. The molecule has 0 aromatic carbocycles. The van der Waals surface area contributed by atoms with E-state index in [4.69, 9.17) is 11.6 Å². The Balaban J connectivity index is 1.98. The molecule has 1 saturated carbocycles. The second-order valence-electron chi connectivity index (χ2n) is 4.12. The minimum atomic E-state index is -3.39. The molecule has 0 spiro atoms. The Bertz CT molecular complexity index is 488. The van der Waals surface area contributed by atoms with Gasteiger partial charge in [-0.25, -0.2) is 13.1 Å². The Hall–Kier alpha value is 0.380. The van der Waals surface area contributed by atoms with Crippen molar-refractivity contribution >= 4 is 48.9 Å². The molecular formula is C10H13BrClNO2S2. The molecule has 0 radical (unpaired) electrons. The summed E-state index contributed by atoms with van der Waals surface area (Å²) in [5, 5.41) is 0. The summed E-state index contributed by atoms with van der Waals surface area (Å²) in [7, 11) is -3.39. The van der Waals surface area contributed by atoms with Gasteiger partial charge in [-0.3, -0.25) is 0 Å². The van der Waals surface area contributed by atoms with Gasteiger partial charge in [-0.15, -0.1) is 11.3 Å². The zero-order valence-corrected chi connectivity index (χ0v) is 13.0. The minimum absolute atomic E-state index is 0.284. The SMILES string of the molecule is O=S(=O)(NCC1CCCC1Br)c1ccc(Cl)s1. The van der Waals surface area contributed by atoms with Gasteiger partial charge in [0.1, 0.15) is 4.21 Å². The van der Waals surface area contributed by atoms with Crippen LogP contribution in [0, 0.1) is 5.92 Å². The van der Waals surface area contributed by atoms with E-state index in [0.717, 1.165) is 30.6 Å². The maximum Gasteiger partial charge on any atom is 0.250 e. The normalized spacial score (nSPS) is 25.3. The molecule has 0 amide bonds. The molecule has 1 aliphatic carbocycles. The summed E-state index contributed by atoms with van der Waals surface area (Å²) in [6.07, 6.45) is 3.36.